The number of hydrogen-bond acceptors (Lipinski definition) is 7. The molecule has 182 valence electrons. The van der Waals surface area contributed by atoms with Gasteiger partial charge in [-0.1, -0.05) is 24.6 Å². The lowest BCUT2D eigenvalue weighted by Crippen LogP contribution is -2.26. The Labute approximate surface area is 208 Å². The summed E-state index contributed by atoms with van der Waals surface area (Å²) >= 11 is 0. The third-order valence-electron chi connectivity index (χ3n) is 7.77. The van der Waals surface area contributed by atoms with E-state index in [9.17, 15) is 5.11 Å². The molecule has 5 aromatic rings. The normalized spacial score (nSPS) is 21.0. The zero-order valence-electron chi connectivity index (χ0n) is 20.0. The van der Waals surface area contributed by atoms with Gasteiger partial charge in [0.2, 0.25) is 0 Å². The van der Waals surface area contributed by atoms with Crippen molar-refractivity contribution >= 4 is 38.7 Å². The average molecular weight is 480 g/mol. The summed E-state index contributed by atoms with van der Waals surface area (Å²) in [7, 11) is 0. The lowest BCUT2D eigenvalue weighted by Gasteiger charge is -2.28. The van der Waals surface area contributed by atoms with Gasteiger partial charge in [0.25, 0.3) is 0 Å². The van der Waals surface area contributed by atoms with E-state index in [1.807, 2.05) is 36.8 Å². The lowest BCUT2D eigenvalue weighted by atomic mass is 9.79. The van der Waals surface area contributed by atoms with Crippen LogP contribution in [0.2, 0.25) is 0 Å². The number of aromatic amines is 1. The third kappa shape index (κ3) is 3.68. The van der Waals surface area contributed by atoms with Crippen molar-refractivity contribution in [3.05, 3.63) is 54.5 Å². The van der Waals surface area contributed by atoms with Gasteiger partial charge in [-0.15, -0.1) is 0 Å². The van der Waals surface area contributed by atoms with Gasteiger partial charge < -0.3 is 20.7 Å². The molecule has 0 radical (unpaired) electrons. The molecule has 1 aliphatic carbocycles. The second-order valence-electron chi connectivity index (χ2n) is 10.1. The molecule has 0 spiro atoms. The van der Waals surface area contributed by atoms with Gasteiger partial charge in [0.1, 0.15) is 11.5 Å². The Morgan fingerprint density at radius 2 is 1.92 bits per heavy atom. The fourth-order valence-electron chi connectivity index (χ4n) is 5.71. The zero-order valence-corrected chi connectivity index (χ0v) is 20.0. The molecule has 36 heavy (non-hydrogen) atoms. The lowest BCUT2D eigenvalue weighted by molar-refractivity contribution is 0.165. The van der Waals surface area contributed by atoms with Crippen LogP contribution in [-0.2, 0) is 0 Å². The standard InChI is InChI=1S/C28H29N7O/c36-18-12-17(8-10-29-13-18)32-28-25-21(16-4-3-5-16)14-30-15-23(25)34-26(35-28)20-9-11-31-27-24(20)19-6-1-2-7-22(19)33-27/h1-2,6-7,9,11,14-18,29,36H,3-5,8,10,12-13H2,(H,31,33)(H,32,34,35)/t17-,18+/m0/s1. The summed E-state index contributed by atoms with van der Waals surface area (Å²) in [6.45, 7) is 1.49. The van der Waals surface area contributed by atoms with Crippen LogP contribution >= 0.6 is 0 Å². The minimum absolute atomic E-state index is 0.119. The summed E-state index contributed by atoms with van der Waals surface area (Å²) in [4.78, 5) is 22.8. The number of β-amino-alcohol motifs (C(OH)–C–C–N with tert-alkyl or cyclic N) is 1. The Morgan fingerprint density at radius 3 is 2.81 bits per heavy atom. The van der Waals surface area contributed by atoms with E-state index in [1.54, 1.807) is 0 Å². The molecule has 8 nitrogen and oxygen atoms in total. The number of aromatic nitrogens is 5. The minimum Gasteiger partial charge on any atom is -0.392 e. The predicted octanol–water partition coefficient (Wildman–Crippen LogP) is 4.51. The van der Waals surface area contributed by atoms with E-state index in [0.717, 1.165) is 57.2 Å². The maximum atomic E-state index is 10.4. The van der Waals surface area contributed by atoms with Crippen molar-refractivity contribution in [1.82, 2.24) is 30.2 Å². The molecule has 7 rings (SSSR count). The second-order valence-corrected chi connectivity index (χ2v) is 10.1. The smallest absolute Gasteiger partial charge is 0.163 e. The molecule has 5 heterocycles. The van der Waals surface area contributed by atoms with Crippen molar-refractivity contribution in [3.8, 4) is 11.4 Å². The summed E-state index contributed by atoms with van der Waals surface area (Å²) in [5, 5.41) is 20.7. The predicted molar refractivity (Wildman–Crippen MR) is 142 cm³/mol. The second kappa shape index (κ2) is 8.80. The number of hydrogen-bond donors (Lipinski definition) is 4. The summed E-state index contributed by atoms with van der Waals surface area (Å²) in [5.74, 6) is 1.99. The summed E-state index contributed by atoms with van der Waals surface area (Å²) < 4.78 is 0. The number of para-hydroxylation sites is 1. The zero-order chi connectivity index (χ0) is 24.1. The number of H-pyrrole nitrogens is 1. The van der Waals surface area contributed by atoms with Gasteiger partial charge in [-0.2, -0.15) is 0 Å². The maximum Gasteiger partial charge on any atom is 0.163 e. The maximum absolute atomic E-state index is 10.4. The summed E-state index contributed by atoms with van der Waals surface area (Å²) in [6, 6.07) is 10.4. The van der Waals surface area contributed by atoms with E-state index in [0.29, 0.717) is 24.7 Å². The van der Waals surface area contributed by atoms with Gasteiger partial charge in [0, 0.05) is 52.2 Å². The number of aliphatic hydroxyl groups is 1. The molecule has 1 saturated heterocycles. The highest BCUT2D eigenvalue weighted by Gasteiger charge is 2.26. The van der Waals surface area contributed by atoms with E-state index >= 15 is 0 Å². The van der Waals surface area contributed by atoms with Crippen molar-refractivity contribution < 1.29 is 5.11 Å². The van der Waals surface area contributed by atoms with Crippen LogP contribution in [0.5, 0.6) is 0 Å². The molecule has 1 saturated carbocycles. The Balaban J connectivity index is 1.43. The van der Waals surface area contributed by atoms with Crippen molar-refractivity contribution in [1.29, 1.82) is 0 Å². The number of pyridine rings is 2. The summed E-state index contributed by atoms with van der Waals surface area (Å²) in [5.41, 5.74) is 4.89. The monoisotopic (exact) mass is 479 g/mol. The number of aliphatic hydroxyl groups excluding tert-OH is 1. The third-order valence-corrected chi connectivity index (χ3v) is 7.77. The van der Waals surface area contributed by atoms with Gasteiger partial charge in [-0.05, 0) is 55.8 Å². The minimum atomic E-state index is -0.378. The highest BCUT2D eigenvalue weighted by Crippen LogP contribution is 2.42. The SMILES string of the molecule is O[C@H]1CNCC[C@H](Nc2nc(-c3ccnc4[nH]c5ccccc5c34)nc3cncc(C4CCC4)c23)C1. The van der Waals surface area contributed by atoms with Crippen molar-refractivity contribution in [2.75, 3.05) is 18.4 Å². The Kier molecular flexibility index (Phi) is 5.29. The van der Waals surface area contributed by atoms with Gasteiger partial charge in [-0.25, -0.2) is 15.0 Å². The Morgan fingerprint density at radius 1 is 1.00 bits per heavy atom. The molecule has 2 atom stereocenters. The molecule has 4 aromatic heterocycles. The molecule has 4 N–H and O–H groups in total. The van der Waals surface area contributed by atoms with Crippen LogP contribution in [0.4, 0.5) is 5.82 Å². The summed E-state index contributed by atoms with van der Waals surface area (Å²) in [6.07, 6.45) is 10.5. The number of nitrogens with one attached hydrogen (secondary N) is 3. The van der Waals surface area contributed by atoms with Gasteiger partial charge in [0.05, 0.1) is 17.8 Å². The first-order valence-electron chi connectivity index (χ1n) is 12.9. The van der Waals surface area contributed by atoms with Crippen LogP contribution < -0.4 is 10.6 Å². The first-order valence-corrected chi connectivity index (χ1v) is 12.9. The van der Waals surface area contributed by atoms with Crippen molar-refractivity contribution in [3.63, 3.8) is 0 Å². The van der Waals surface area contributed by atoms with E-state index in [-0.39, 0.29) is 12.1 Å². The van der Waals surface area contributed by atoms with E-state index in [1.165, 1.54) is 24.8 Å². The molecule has 0 unspecified atom stereocenters. The molecular weight excluding hydrogens is 450 g/mol. The fourth-order valence-corrected chi connectivity index (χ4v) is 5.71. The number of benzene rings is 1. The first-order chi connectivity index (χ1) is 17.7. The van der Waals surface area contributed by atoms with Crippen molar-refractivity contribution in [2.45, 2.75) is 50.2 Å². The van der Waals surface area contributed by atoms with E-state index in [4.69, 9.17) is 9.97 Å². The average Bonchev–Trinajstić information content (AvgIpc) is 3.12. The van der Waals surface area contributed by atoms with E-state index in [2.05, 4.69) is 37.7 Å². The van der Waals surface area contributed by atoms with Crippen LogP contribution in [0.3, 0.4) is 0 Å². The van der Waals surface area contributed by atoms with Crippen LogP contribution in [0.25, 0.3) is 44.2 Å². The first kappa shape index (κ1) is 21.6. The molecule has 2 fully saturated rings. The number of nitrogens with zero attached hydrogens (tertiary/aromatic N) is 4. The number of fused-ring (bicyclic) bond motifs is 4. The van der Waals surface area contributed by atoms with Gasteiger partial charge in [0.15, 0.2) is 5.82 Å². The fraction of sp³-hybridized carbons (Fsp3) is 0.357. The quantitative estimate of drug-likeness (QED) is 0.300. The molecular formula is C28H29N7O. The van der Waals surface area contributed by atoms with Crippen molar-refractivity contribution in [2.24, 2.45) is 0 Å². The Hall–Kier alpha value is -3.62. The molecule has 1 aliphatic heterocycles. The molecule has 0 bridgehead atoms. The van der Waals surface area contributed by atoms with Crippen LogP contribution in [0, 0.1) is 0 Å². The molecule has 2 aliphatic rings. The number of rotatable bonds is 4. The highest BCUT2D eigenvalue weighted by atomic mass is 16.3. The highest BCUT2D eigenvalue weighted by molar-refractivity contribution is 6.12. The molecule has 1 aromatic carbocycles. The van der Waals surface area contributed by atoms with Gasteiger partial charge >= 0.3 is 0 Å². The number of anilines is 1. The molecule has 8 heteroatoms. The Bertz CT molecular complexity index is 1580. The van der Waals surface area contributed by atoms with Gasteiger partial charge in [-0.3, -0.25) is 4.98 Å². The van der Waals surface area contributed by atoms with E-state index < -0.39 is 0 Å². The van der Waals surface area contributed by atoms with Crippen LogP contribution in [0.15, 0.2) is 48.9 Å². The molecule has 0 amide bonds. The van der Waals surface area contributed by atoms with Crippen LogP contribution in [0.1, 0.15) is 43.6 Å². The van der Waals surface area contributed by atoms with Crippen LogP contribution in [-0.4, -0.2) is 55.3 Å². The topological polar surface area (TPSA) is 112 Å². The largest absolute Gasteiger partial charge is 0.392 e.